The quantitative estimate of drug-likeness (QED) is 0.463. The number of nitrogens with one attached hydrogen (secondary N) is 1. The lowest BCUT2D eigenvalue weighted by Crippen LogP contribution is -2.23. The molecule has 2 aromatic carbocycles. The van der Waals surface area contributed by atoms with E-state index >= 15 is 0 Å². The Morgan fingerprint density at radius 1 is 1.17 bits per heavy atom. The summed E-state index contributed by atoms with van der Waals surface area (Å²) in [7, 11) is 0. The number of hydrogen-bond donors (Lipinski definition) is 1. The van der Waals surface area contributed by atoms with Crippen LogP contribution in [0, 0.1) is 11.3 Å². The van der Waals surface area contributed by atoms with Crippen LogP contribution in [0.2, 0.25) is 0 Å². The lowest BCUT2D eigenvalue weighted by molar-refractivity contribution is -0.117. The largest absolute Gasteiger partial charge is 0.312 e. The molecule has 1 aromatic heterocycles. The normalized spacial score (nSPS) is 13.3. The molecule has 4 rings (SSSR count). The molecule has 1 aliphatic heterocycles. The van der Waals surface area contributed by atoms with Crippen LogP contribution >= 0.6 is 23.1 Å². The van der Waals surface area contributed by atoms with Gasteiger partial charge in [-0.15, -0.1) is 10.2 Å². The molecule has 9 heteroatoms. The van der Waals surface area contributed by atoms with Crippen molar-refractivity contribution >= 4 is 45.7 Å². The number of nitrogens with zero attached hydrogens (tertiary/aromatic N) is 4. The van der Waals surface area contributed by atoms with Crippen LogP contribution < -0.4 is 10.2 Å². The average Bonchev–Trinajstić information content (AvgIpc) is 3.41. The van der Waals surface area contributed by atoms with Gasteiger partial charge in [-0.25, -0.2) is 0 Å². The Morgan fingerprint density at radius 3 is 2.60 bits per heavy atom. The summed E-state index contributed by atoms with van der Waals surface area (Å²) in [6, 6.07) is 16.5. The second-order valence-electron chi connectivity index (χ2n) is 6.62. The molecule has 1 saturated heterocycles. The predicted octanol–water partition coefficient (Wildman–Crippen LogP) is 4.08. The number of hydrogen-bond acceptors (Lipinski definition) is 7. The number of carbonyl (C=O) groups is 2. The molecule has 0 atom stereocenters. The van der Waals surface area contributed by atoms with E-state index in [-0.39, 0.29) is 11.8 Å². The van der Waals surface area contributed by atoms with E-state index in [0.29, 0.717) is 28.4 Å². The van der Waals surface area contributed by atoms with E-state index in [1.807, 2.05) is 12.1 Å². The summed E-state index contributed by atoms with van der Waals surface area (Å²) in [6.45, 7) is 0.720. The molecule has 3 aromatic rings. The minimum absolute atomic E-state index is 0.118. The molecule has 1 aliphatic rings. The van der Waals surface area contributed by atoms with Gasteiger partial charge in [0.25, 0.3) is 5.91 Å². The standard InChI is InChI=1S/C21H17N5O2S2/c22-12-14-3-5-15(6-4-14)13-29-21-25-24-20(30-21)23-19(28)16-7-9-17(10-8-16)26-11-1-2-18(26)27/h3-10H,1-2,11,13H2,(H,23,24,28). The number of nitriles is 1. The van der Waals surface area contributed by atoms with Crippen molar-refractivity contribution < 1.29 is 9.59 Å². The Bertz CT molecular complexity index is 1100. The zero-order valence-corrected chi connectivity index (χ0v) is 17.5. The lowest BCUT2D eigenvalue weighted by Gasteiger charge is -2.15. The van der Waals surface area contributed by atoms with Gasteiger partial charge in [0.15, 0.2) is 4.34 Å². The van der Waals surface area contributed by atoms with Crippen molar-refractivity contribution in [1.29, 1.82) is 5.26 Å². The third-order valence-electron chi connectivity index (χ3n) is 4.59. The molecule has 1 N–H and O–H groups in total. The van der Waals surface area contributed by atoms with Gasteiger partial charge in [0, 0.05) is 30.0 Å². The minimum atomic E-state index is -0.269. The first-order valence-corrected chi connectivity index (χ1v) is 11.1. The van der Waals surface area contributed by atoms with Crippen molar-refractivity contribution in [2.75, 3.05) is 16.8 Å². The fourth-order valence-electron chi connectivity index (χ4n) is 3.02. The van der Waals surface area contributed by atoms with Gasteiger partial charge in [-0.1, -0.05) is 35.2 Å². The van der Waals surface area contributed by atoms with Crippen LogP contribution in [-0.4, -0.2) is 28.6 Å². The average molecular weight is 436 g/mol. The SMILES string of the molecule is N#Cc1ccc(CSc2nnc(NC(=O)c3ccc(N4CCCC4=O)cc3)s2)cc1. The van der Waals surface area contributed by atoms with Crippen molar-refractivity contribution in [2.24, 2.45) is 0 Å². The molecule has 30 heavy (non-hydrogen) atoms. The summed E-state index contributed by atoms with van der Waals surface area (Å²) in [5.41, 5.74) is 3.01. The Labute approximate surface area is 181 Å². The fourth-order valence-corrected chi connectivity index (χ4v) is 4.73. The monoisotopic (exact) mass is 435 g/mol. The van der Waals surface area contributed by atoms with Crippen LogP contribution in [0.4, 0.5) is 10.8 Å². The zero-order valence-electron chi connectivity index (χ0n) is 15.9. The van der Waals surface area contributed by atoms with Crippen LogP contribution in [0.1, 0.15) is 34.3 Å². The van der Waals surface area contributed by atoms with Gasteiger partial charge in [-0.3, -0.25) is 14.9 Å². The van der Waals surface area contributed by atoms with Crippen molar-refractivity contribution in [1.82, 2.24) is 10.2 Å². The second kappa shape index (κ2) is 9.07. The fraction of sp³-hybridized carbons (Fsp3) is 0.190. The van der Waals surface area contributed by atoms with Gasteiger partial charge in [0.05, 0.1) is 11.6 Å². The topological polar surface area (TPSA) is 99.0 Å². The number of benzene rings is 2. The smallest absolute Gasteiger partial charge is 0.257 e. The van der Waals surface area contributed by atoms with Gasteiger partial charge in [-0.05, 0) is 48.4 Å². The maximum Gasteiger partial charge on any atom is 0.257 e. The summed E-state index contributed by atoms with van der Waals surface area (Å²) in [4.78, 5) is 26.0. The molecule has 2 heterocycles. The van der Waals surface area contributed by atoms with Crippen LogP contribution in [0.5, 0.6) is 0 Å². The number of rotatable bonds is 6. The molecule has 0 bridgehead atoms. The summed E-state index contributed by atoms with van der Waals surface area (Å²) >= 11 is 2.83. The van der Waals surface area contributed by atoms with E-state index in [0.717, 1.165) is 28.6 Å². The van der Waals surface area contributed by atoms with E-state index in [9.17, 15) is 9.59 Å². The van der Waals surface area contributed by atoms with E-state index in [2.05, 4.69) is 21.6 Å². The summed E-state index contributed by atoms with van der Waals surface area (Å²) in [5, 5.41) is 20.2. The molecule has 2 amide bonds. The molecule has 150 valence electrons. The maximum absolute atomic E-state index is 12.5. The molecular formula is C21H17N5O2S2. The highest BCUT2D eigenvalue weighted by Crippen LogP contribution is 2.29. The Kier molecular flexibility index (Phi) is 6.07. The van der Waals surface area contributed by atoms with Gasteiger partial charge >= 0.3 is 0 Å². The first-order chi connectivity index (χ1) is 14.6. The highest BCUT2D eigenvalue weighted by Gasteiger charge is 2.21. The zero-order chi connectivity index (χ0) is 20.9. The number of anilines is 2. The molecule has 0 radical (unpaired) electrons. The van der Waals surface area contributed by atoms with Crippen molar-refractivity contribution in [3.05, 3.63) is 65.2 Å². The lowest BCUT2D eigenvalue weighted by atomic mass is 10.2. The van der Waals surface area contributed by atoms with Crippen LogP contribution in [0.15, 0.2) is 52.9 Å². The maximum atomic E-state index is 12.5. The molecule has 1 fully saturated rings. The minimum Gasteiger partial charge on any atom is -0.312 e. The molecule has 0 unspecified atom stereocenters. The van der Waals surface area contributed by atoms with E-state index < -0.39 is 0 Å². The highest BCUT2D eigenvalue weighted by atomic mass is 32.2. The van der Waals surface area contributed by atoms with E-state index in [1.54, 1.807) is 41.3 Å². The highest BCUT2D eigenvalue weighted by molar-refractivity contribution is 8.00. The molecule has 0 spiro atoms. The Morgan fingerprint density at radius 2 is 1.93 bits per heavy atom. The number of amides is 2. The van der Waals surface area contributed by atoms with Crippen LogP contribution in [-0.2, 0) is 10.5 Å². The third kappa shape index (κ3) is 4.67. The van der Waals surface area contributed by atoms with Gasteiger partial charge < -0.3 is 4.90 Å². The predicted molar refractivity (Wildman–Crippen MR) is 117 cm³/mol. The van der Waals surface area contributed by atoms with Gasteiger partial charge in [0.1, 0.15) is 0 Å². The molecule has 0 saturated carbocycles. The summed E-state index contributed by atoms with van der Waals surface area (Å²) < 4.78 is 0.748. The van der Waals surface area contributed by atoms with Crippen LogP contribution in [0.25, 0.3) is 0 Å². The number of thioether (sulfide) groups is 1. The first kappa shape index (κ1) is 20.1. The van der Waals surface area contributed by atoms with Gasteiger partial charge in [0.2, 0.25) is 11.0 Å². The molecular weight excluding hydrogens is 418 g/mol. The third-order valence-corrected chi connectivity index (χ3v) is 6.63. The Hall–Kier alpha value is -3.22. The van der Waals surface area contributed by atoms with E-state index in [4.69, 9.17) is 5.26 Å². The first-order valence-electron chi connectivity index (χ1n) is 9.29. The molecule has 7 nitrogen and oxygen atoms in total. The second-order valence-corrected chi connectivity index (χ2v) is 8.82. The summed E-state index contributed by atoms with van der Waals surface area (Å²) in [6.07, 6.45) is 1.44. The van der Waals surface area contributed by atoms with Crippen molar-refractivity contribution in [2.45, 2.75) is 22.9 Å². The van der Waals surface area contributed by atoms with Crippen molar-refractivity contribution in [3.8, 4) is 6.07 Å². The van der Waals surface area contributed by atoms with E-state index in [1.165, 1.54) is 23.1 Å². The number of carbonyl (C=O) groups excluding carboxylic acids is 2. The summed E-state index contributed by atoms with van der Waals surface area (Å²) in [5.74, 6) is 0.548. The molecule has 0 aliphatic carbocycles. The van der Waals surface area contributed by atoms with Gasteiger partial charge in [-0.2, -0.15) is 5.26 Å². The van der Waals surface area contributed by atoms with Crippen LogP contribution in [0.3, 0.4) is 0 Å². The number of aromatic nitrogens is 2. The van der Waals surface area contributed by atoms with Crippen molar-refractivity contribution in [3.63, 3.8) is 0 Å². The Balaban J connectivity index is 1.33.